The van der Waals surface area contributed by atoms with E-state index in [-0.39, 0.29) is 17.9 Å². The molecule has 1 atom stereocenters. The Morgan fingerprint density at radius 2 is 1.85 bits per heavy atom. The second-order valence-electron chi connectivity index (χ2n) is 6.93. The third-order valence-corrected chi connectivity index (χ3v) is 7.01. The molecule has 0 N–H and O–H groups in total. The maximum atomic E-state index is 6.29. The van der Waals surface area contributed by atoms with E-state index in [4.69, 9.17) is 4.65 Å². The zero-order valence-corrected chi connectivity index (χ0v) is 16.2. The summed E-state index contributed by atoms with van der Waals surface area (Å²) in [4.78, 5) is 0. The van der Waals surface area contributed by atoms with E-state index in [1.807, 2.05) is 0 Å². The highest BCUT2D eigenvalue weighted by atomic mass is 127. The summed E-state index contributed by atoms with van der Waals surface area (Å²) >= 11 is 2.48. The molecule has 0 aliphatic carbocycles. The molecule has 110 valence electrons. The summed E-state index contributed by atoms with van der Waals surface area (Å²) in [6.07, 6.45) is 6.01. The van der Waals surface area contributed by atoms with E-state index in [0.717, 1.165) is 12.5 Å². The van der Waals surface area contributed by atoms with Crippen LogP contribution >= 0.6 is 28.3 Å². The van der Waals surface area contributed by atoms with Gasteiger partial charge in [0.25, 0.3) is 0 Å². The first kappa shape index (κ1) is 16.8. The lowest BCUT2D eigenvalue weighted by atomic mass is 9.54. The molecular weight excluding hydrogens is 377 g/mol. The average molecular weight is 402 g/mol. The minimum absolute atomic E-state index is 0.0441. The SMILES string of the molecule is CC1(C)CB(c2ccc(CCCPI)cc2)OC1(C)C. The van der Waals surface area contributed by atoms with Crippen molar-refractivity contribution in [2.45, 2.75) is 52.5 Å². The summed E-state index contributed by atoms with van der Waals surface area (Å²) in [5.74, 6) is 0. The third-order valence-electron chi connectivity index (χ3n) is 4.85. The van der Waals surface area contributed by atoms with E-state index in [1.165, 1.54) is 30.0 Å². The number of benzene rings is 1. The first-order valence-corrected chi connectivity index (χ1v) is 11.8. The molecule has 1 aromatic carbocycles. The minimum Gasteiger partial charge on any atom is -0.426 e. The fraction of sp³-hybridized carbons (Fsp3) is 0.625. The molecule has 0 bridgehead atoms. The van der Waals surface area contributed by atoms with Gasteiger partial charge in [0.15, 0.2) is 0 Å². The zero-order chi connectivity index (χ0) is 14.8. The minimum atomic E-state index is -0.0441. The molecule has 1 unspecified atom stereocenters. The number of hydrogen-bond donors (Lipinski definition) is 0. The number of rotatable bonds is 5. The molecule has 1 heterocycles. The maximum absolute atomic E-state index is 6.29. The molecule has 1 aromatic rings. The van der Waals surface area contributed by atoms with Crippen LogP contribution in [0.25, 0.3) is 0 Å². The van der Waals surface area contributed by atoms with Gasteiger partial charge in [-0.1, -0.05) is 66.4 Å². The van der Waals surface area contributed by atoms with Crippen molar-refractivity contribution in [3.63, 3.8) is 0 Å². The molecule has 1 aliphatic heterocycles. The number of aryl methyl sites for hydroxylation is 1. The van der Waals surface area contributed by atoms with Crippen LogP contribution in [0.4, 0.5) is 0 Å². The van der Waals surface area contributed by atoms with Crippen molar-refractivity contribution in [1.29, 1.82) is 0 Å². The van der Waals surface area contributed by atoms with Crippen LogP contribution in [0.1, 0.15) is 39.7 Å². The molecule has 20 heavy (non-hydrogen) atoms. The fourth-order valence-corrected chi connectivity index (χ4v) is 4.16. The Labute approximate surface area is 139 Å². The molecule has 0 aromatic heterocycles. The molecule has 0 amide bonds. The van der Waals surface area contributed by atoms with Gasteiger partial charge < -0.3 is 4.65 Å². The Balaban J connectivity index is 2.01. The van der Waals surface area contributed by atoms with E-state index in [2.05, 4.69) is 74.0 Å². The van der Waals surface area contributed by atoms with Gasteiger partial charge in [-0.2, -0.15) is 0 Å². The summed E-state index contributed by atoms with van der Waals surface area (Å²) in [5, 5.41) is 0. The topological polar surface area (TPSA) is 9.23 Å². The van der Waals surface area contributed by atoms with Crippen molar-refractivity contribution in [1.82, 2.24) is 0 Å². The summed E-state index contributed by atoms with van der Waals surface area (Å²) in [7, 11) is 0. The molecule has 1 aliphatic rings. The van der Waals surface area contributed by atoms with Crippen LogP contribution in [-0.2, 0) is 11.1 Å². The van der Waals surface area contributed by atoms with Gasteiger partial charge in [-0.25, -0.2) is 0 Å². The maximum Gasteiger partial charge on any atom is 0.327 e. The Kier molecular flexibility index (Phi) is 5.59. The van der Waals surface area contributed by atoms with Crippen LogP contribution in [0, 0.1) is 5.41 Å². The number of halogens is 1. The van der Waals surface area contributed by atoms with E-state index < -0.39 is 0 Å². The summed E-state index contributed by atoms with van der Waals surface area (Å²) in [6.45, 7) is 9.31. The second-order valence-corrected chi connectivity index (χ2v) is 9.99. The summed E-state index contributed by atoms with van der Waals surface area (Å²) in [6, 6.07) is 9.11. The van der Waals surface area contributed by atoms with Crippen molar-refractivity contribution in [2.24, 2.45) is 5.41 Å². The smallest absolute Gasteiger partial charge is 0.327 e. The quantitative estimate of drug-likeness (QED) is 0.301. The molecule has 2 rings (SSSR count). The number of hydrogen-bond acceptors (Lipinski definition) is 1. The Morgan fingerprint density at radius 1 is 1.20 bits per heavy atom. The molecule has 1 nitrogen and oxygen atoms in total. The highest BCUT2D eigenvalue weighted by molar-refractivity contribution is 14.2. The predicted molar refractivity (Wildman–Crippen MR) is 101 cm³/mol. The van der Waals surface area contributed by atoms with Gasteiger partial charge in [0.1, 0.15) is 0 Å². The van der Waals surface area contributed by atoms with E-state index in [1.54, 1.807) is 0 Å². The van der Waals surface area contributed by atoms with E-state index >= 15 is 0 Å². The van der Waals surface area contributed by atoms with Crippen molar-refractivity contribution >= 4 is 40.6 Å². The van der Waals surface area contributed by atoms with Gasteiger partial charge in [-0.05, 0) is 55.6 Å². The summed E-state index contributed by atoms with van der Waals surface area (Å²) in [5.41, 5.74) is 2.98. The lowest BCUT2D eigenvalue weighted by molar-refractivity contribution is 0.0375. The lowest BCUT2D eigenvalue weighted by Gasteiger charge is -2.34. The molecule has 1 saturated heterocycles. The van der Waals surface area contributed by atoms with Gasteiger partial charge in [0.05, 0.1) is 5.60 Å². The van der Waals surface area contributed by atoms with E-state index in [9.17, 15) is 0 Å². The average Bonchev–Trinajstić information content (AvgIpc) is 2.60. The van der Waals surface area contributed by atoms with Crippen molar-refractivity contribution in [2.75, 3.05) is 6.16 Å². The third kappa shape index (κ3) is 3.78. The standard InChI is InChI=1S/C16H25BIOP/c1-15(2)12-17(19-16(15,3)4)14-9-7-13(8-10-14)6-5-11-20-18/h7-10,20H,5-6,11-12H2,1-4H3. The molecule has 0 spiro atoms. The first-order chi connectivity index (χ1) is 9.36. The van der Waals surface area contributed by atoms with Gasteiger partial charge in [0, 0.05) is 0 Å². The van der Waals surface area contributed by atoms with Crippen LogP contribution in [0.3, 0.4) is 0 Å². The highest BCUT2D eigenvalue weighted by Crippen LogP contribution is 2.44. The first-order valence-electron chi connectivity index (χ1n) is 7.46. The molecule has 0 radical (unpaired) electrons. The summed E-state index contributed by atoms with van der Waals surface area (Å²) < 4.78 is 6.29. The highest BCUT2D eigenvalue weighted by Gasteiger charge is 2.49. The van der Waals surface area contributed by atoms with Crippen molar-refractivity contribution in [3.05, 3.63) is 29.8 Å². The largest absolute Gasteiger partial charge is 0.426 e. The lowest BCUT2D eigenvalue weighted by Crippen LogP contribution is -2.36. The van der Waals surface area contributed by atoms with Crippen molar-refractivity contribution in [3.8, 4) is 0 Å². The predicted octanol–water partition coefficient (Wildman–Crippen LogP) is 4.68. The fourth-order valence-electron chi connectivity index (χ4n) is 2.71. The van der Waals surface area contributed by atoms with Crippen LogP contribution in [-0.4, -0.2) is 18.7 Å². The van der Waals surface area contributed by atoms with Crippen LogP contribution in [0.5, 0.6) is 0 Å². The van der Waals surface area contributed by atoms with Crippen LogP contribution in [0.15, 0.2) is 24.3 Å². The van der Waals surface area contributed by atoms with Crippen molar-refractivity contribution < 1.29 is 4.65 Å². The molecular formula is C16H25BIOP. The van der Waals surface area contributed by atoms with Gasteiger partial charge >= 0.3 is 6.92 Å². The Morgan fingerprint density at radius 3 is 2.35 bits per heavy atom. The van der Waals surface area contributed by atoms with Gasteiger partial charge in [-0.15, -0.1) is 0 Å². The second kappa shape index (κ2) is 6.66. The van der Waals surface area contributed by atoms with Crippen LogP contribution < -0.4 is 5.46 Å². The van der Waals surface area contributed by atoms with E-state index in [0.29, 0.717) is 0 Å². The van der Waals surface area contributed by atoms with Gasteiger partial charge in [-0.3, -0.25) is 0 Å². The molecule has 0 saturated carbocycles. The van der Waals surface area contributed by atoms with Gasteiger partial charge in [0.2, 0.25) is 0 Å². The normalized spacial score (nSPS) is 20.9. The zero-order valence-electron chi connectivity index (χ0n) is 13.0. The molecule has 1 fully saturated rings. The van der Waals surface area contributed by atoms with Crippen LogP contribution in [0.2, 0.25) is 6.32 Å². The Bertz CT molecular complexity index is 428. The molecule has 4 heteroatoms. The monoisotopic (exact) mass is 402 g/mol. The Hall–Kier alpha value is 0.405.